The SMILES string of the molecule is O=C(CSc1ncc(S(=O)(=O)c2ccc(Br)cc2)c(=O)[nH]1)NCCCc1ccccc1. The third kappa shape index (κ3) is 6.52. The minimum atomic E-state index is -3.99. The highest BCUT2D eigenvalue weighted by atomic mass is 79.9. The van der Waals surface area contributed by atoms with E-state index in [4.69, 9.17) is 0 Å². The fraction of sp³-hybridized carbons (Fsp3) is 0.190. The molecule has 0 radical (unpaired) electrons. The largest absolute Gasteiger partial charge is 0.355 e. The van der Waals surface area contributed by atoms with Gasteiger partial charge in [-0.3, -0.25) is 9.59 Å². The average Bonchev–Trinajstić information content (AvgIpc) is 2.76. The van der Waals surface area contributed by atoms with E-state index in [0.717, 1.165) is 35.3 Å². The number of amides is 1. The van der Waals surface area contributed by atoms with E-state index < -0.39 is 20.3 Å². The first-order chi connectivity index (χ1) is 14.9. The number of hydrogen-bond donors (Lipinski definition) is 2. The lowest BCUT2D eigenvalue weighted by molar-refractivity contribution is -0.118. The minimum absolute atomic E-state index is 0.00159. The smallest absolute Gasteiger partial charge is 0.270 e. The Hall–Kier alpha value is -2.43. The van der Waals surface area contributed by atoms with Crippen molar-refractivity contribution in [1.29, 1.82) is 0 Å². The Balaban J connectivity index is 1.52. The zero-order chi connectivity index (χ0) is 22.3. The summed E-state index contributed by atoms with van der Waals surface area (Å²) in [5, 5.41) is 3.00. The van der Waals surface area contributed by atoms with Crippen molar-refractivity contribution in [3.05, 3.63) is 81.2 Å². The lowest BCUT2D eigenvalue weighted by Gasteiger charge is -2.06. The van der Waals surface area contributed by atoms with Gasteiger partial charge in [-0.2, -0.15) is 0 Å². The predicted octanol–water partition coefficient (Wildman–Crippen LogP) is 3.21. The van der Waals surface area contributed by atoms with Gasteiger partial charge in [0.25, 0.3) is 5.56 Å². The molecule has 0 saturated carbocycles. The van der Waals surface area contributed by atoms with Crippen LogP contribution in [0.4, 0.5) is 0 Å². The fourth-order valence-electron chi connectivity index (χ4n) is 2.72. The fourth-order valence-corrected chi connectivity index (χ4v) is 4.88. The van der Waals surface area contributed by atoms with Crippen LogP contribution in [0.15, 0.2) is 85.0 Å². The second kappa shape index (κ2) is 10.7. The number of H-pyrrole nitrogens is 1. The van der Waals surface area contributed by atoms with E-state index in [1.807, 2.05) is 30.3 Å². The second-order valence-electron chi connectivity index (χ2n) is 6.57. The number of sulfone groups is 1. The molecule has 0 unspecified atom stereocenters. The molecule has 3 rings (SSSR count). The molecule has 0 saturated heterocycles. The van der Waals surface area contributed by atoms with Crippen LogP contribution in [-0.2, 0) is 21.1 Å². The molecule has 0 aliphatic heterocycles. The summed E-state index contributed by atoms with van der Waals surface area (Å²) in [6.07, 6.45) is 2.71. The van der Waals surface area contributed by atoms with Gasteiger partial charge in [0.05, 0.1) is 16.8 Å². The monoisotopic (exact) mass is 521 g/mol. The number of aromatic amines is 1. The molecule has 0 spiro atoms. The van der Waals surface area contributed by atoms with Crippen LogP contribution in [0.2, 0.25) is 0 Å². The van der Waals surface area contributed by atoms with Gasteiger partial charge in [0.15, 0.2) is 10.1 Å². The molecule has 2 aromatic carbocycles. The average molecular weight is 522 g/mol. The number of carbonyl (C=O) groups is 1. The molecule has 1 amide bonds. The van der Waals surface area contributed by atoms with Gasteiger partial charge in [-0.15, -0.1) is 0 Å². The molecule has 1 heterocycles. The van der Waals surface area contributed by atoms with Crippen LogP contribution >= 0.6 is 27.7 Å². The molecule has 3 aromatic rings. The van der Waals surface area contributed by atoms with E-state index in [1.54, 1.807) is 12.1 Å². The molecule has 2 N–H and O–H groups in total. The highest BCUT2D eigenvalue weighted by Crippen LogP contribution is 2.20. The molecule has 0 atom stereocenters. The van der Waals surface area contributed by atoms with E-state index in [1.165, 1.54) is 17.7 Å². The van der Waals surface area contributed by atoms with E-state index in [9.17, 15) is 18.0 Å². The Morgan fingerprint density at radius 3 is 2.48 bits per heavy atom. The molecular weight excluding hydrogens is 502 g/mol. The third-order valence-corrected chi connectivity index (χ3v) is 7.48. The Kier molecular flexibility index (Phi) is 8.05. The van der Waals surface area contributed by atoms with Gasteiger partial charge in [-0.05, 0) is 42.7 Å². The van der Waals surface area contributed by atoms with E-state index in [2.05, 4.69) is 31.2 Å². The van der Waals surface area contributed by atoms with Crippen molar-refractivity contribution < 1.29 is 13.2 Å². The van der Waals surface area contributed by atoms with E-state index in [0.29, 0.717) is 6.54 Å². The highest BCUT2D eigenvalue weighted by Gasteiger charge is 2.22. The minimum Gasteiger partial charge on any atom is -0.355 e. The third-order valence-electron chi connectivity index (χ3n) is 4.30. The van der Waals surface area contributed by atoms with Gasteiger partial charge in [-0.1, -0.05) is 58.0 Å². The van der Waals surface area contributed by atoms with Crippen molar-refractivity contribution in [3.63, 3.8) is 0 Å². The number of halogens is 1. The van der Waals surface area contributed by atoms with Crippen molar-refractivity contribution in [2.75, 3.05) is 12.3 Å². The molecule has 0 aliphatic rings. The van der Waals surface area contributed by atoms with Gasteiger partial charge in [0, 0.05) is 11.0 Å². The van der Waals surface area contributed by atoms with Crippen LogP contribution in [-0.4, -0.2) is 36.6 Å². The Bertz CT molecular complexity index is 1200. The lowest BCUT2D eigenvalue weighted by atomic mass is 10.1. The van der Waals surface area contributed by atoms with E-state index >= 15 is 0 Å². The number of nitrogens with zero attached hydrogens (tertiary/aromatic N) is 1. The topological polar surface area (TPSA) is 109 Å². The normalized spacial score (nSPS) is 11.3. The summed E-state index contributed by atoms with van der Waals surface area (Å²) in [5.41, 5.74) is 0.440. The first-order valence-corrected chi connectivity index (χ1v) is 12.7. The van der Waals surface area contributed by atoms with Gasteiger partial charge in [0.1, 0.15) is 0 Å². The molecule has 7 nitrogen and oxygen atoms in total. The molecular formula is C21H20BrN3O4S2. The zero-order valence-corrected chi connectivity index (χ0v) is 19.6. The maximum Gasteiger partial charge on any atom is 0.270 e. The van der Waals surface area contributed by atoms with Gasteiger partial charge in [-0.25, -0.2) is 13.4 Å². The Morgan fingerprint density at radius 1 is 1.10 bits per heavy atom. The zero-order valence-electron chi connectivity index (χ0n) is 16.4. The number of benzene rings is 2. The second-order valence-corrected chi connectivity index (χ2v) is 10.4. The number of rotatable bonds is 9. The Labute approximate surface area is 192 Å². The number of nitrogens with one attached hydrogen (secondary N) is 2. The van der Waals surface area contributed by atoms with Crippen molar-refractivity contribution in [1.82, 2.24) is 15.3 Å². The number of thioether (sulfide) groups is 1. The standard InChI is InChI=1S/C21H20BrN3O4S2/c22-16-8-10-17(11-9-16)31(28,29)18-13-24-21(25-20(18)27)30-14-19(26)23-12-4-7-15-5-2-1-3-6-15/h1-3,5-6,8-11,13H,4,7,12,14H2,(H,23,26)(H,24,25,27). The Morgan fingerprint density at radius 2 is 1.81 bits per heavy atom. The highest BCUT2D eigenvalue weighted by molar-refractivity contribution is 9.10. The summed E-state index contributed by atoms with van der Waals surface area (Å²) in [6.45, 7) is 0.544. The molecule has 162 valence electrons. The summed E-state index contributed by atoms with van der Waals surface area (Å²) in [7, 11) is -3.99. The summed E-state index contributed by atoms with van der Waals surface area (Å²) in [4.78, 5) is 30.3. The predicted molar refractivity (Wildman–Crippen MR) is 123 cm³/mol. The van der Waals surface area contributed by atoms with Gasteiger partial charge in [0.2, 0.25) is 15.7 Å². The van der Waals surface area contributed by atoms with E-state index in [-0.39, 0.29) is 21.7 Å². The summed E-state index contributed by atoms with van der Waals surface area (Å²) in [6, 6.07) is 16.0. The first-order valence-electron chi connectivity index (χ1n) is 9.39. The van der Waals surface area contributed by atoms with Crippen molar-refractivity contribution in [2.45, 2.75) is 27.8 Å². The maximum absolute atomic E-state index is 12.6. The van der Waals surface area contributed by atoms with Gasteiger partial charge >= 0.3 is 0 Å². The van der Waals surface area contributed by atoms with Crippen molar-refractivity contribution >= 4 is 43.4 Å². The molecule has 0 fully saturated rings. The number of carbonyl (C=O) groups excluding carboxylic acids is 1. The van der Waals surface area contributed by atoms with Crippen LogP contribution in [0.25, 0.3) is 0 Å². The van der Waals surface area contributed by atoms with Crippen molar-refractivity contribution in [3.8, 4) is 0 Å². The number of aryl methyl sites for hydroxylation is 1. The van der Waals surface area contributed by atoms with Crippen molar-refractivity contribution in [2.24, 2.45) is 0 Å². The summed E-state index contributed by atoms with van der Waals surface area (Å²) >= 11 is 4.28. The first kappa shape index (κ1) is 23.2. The summed E-state index contributed by atoms with van der Waals surface area (Å²) in [5.74, 6) is -0.125. The molecule has 0 aliphatic carbocycles. The van der Waals surface area contributed by atoms with Crippen LogP contribution in [0.5, 0.6) is 0 Å². The molecule has 0 bridgehead atoms. The maximum atomic E-state index is 12.6. The molecule has 1 aromatic heterocycles. The van der Waals surface area contributed by atoms with Crippen LogP contribution < -0.4 is 10.9 Å². The lowest BCUT2D eigenvalue weighted by Crippen LogP contribution is -2.26. The molecule has 10 heteroatoms. The van der Waals surface area contributed by atoms with Crippen LogP contribution in [0, 0.1) is 0 Å². The quantitative estimate of drug-likeness (QED) is 0.254. The summed E-state index contributed by atoms with van der Waals surface area (Å²) < 4.78 is 26.0. The van der Waals surface area contributed by atoms with Gasteiger partial charge < -0.3 is 10.3 Å². The number of hydrogen-bond acceptors (Lipinski definition) is 6. The van der Waals surface area contributed by atoms with Crippen LogP contribution in [0.1, 0.15) is 12.0 Å². The molecule has 31 heavy (non-hydrogen) atoms. The van der Waals surface area contributed by atoms with Crippen LogP contribution in [0.3, 0.4) is 0 Å². The number of aromatic nitrogens is 2.